The minimum Gasteiger partial charge on any atom is -0.382 e. The number of anilines is 1. The molecule has 0 amide bonds. The van der Waals surface area contributed by atoms with Crippen LogP contribution in [0.15, 0.2) is 0 Å². The van der Waals surface area contributed by atoms with Crippen molar-refractivity contribution in [3.63, 3.8) is 0 Å². The Balaban J connectivity index is 2.50. The number of rotatable bonds is 6. The van der Waals surface area contributed by atoms with Gasteiger partial charge in [0, 0.05) is 20.8 Å². The van der Waals surface area contributed by atoms with E-state index >= 15 is 0 Å². The zero-order valence-electron chi connectivity index (χ0n) is 10.1. The lowest BCUT2D eigenvalue weighted by molar-refractivity contribution is 0.0364. The Labute approximate surface area is 95.4 Å². The van der Waals surface area contributed by atoms with E-state index in [4.69, 9.17) is 9.47 Å². The van der Waals surface area contributed by atoms with Gasteiger partial charge in [-0.05, 0) is 13.8 Å². The molecule has 6 heteroatoms. The highest BCUT2D eigenvalue weighted by Crippen LogP contribution is 2.02. The van der Waals surface area contributed by atoms with Gasteiger partial charge in [0.25, 0.3) is 0 Å². The molecule has 1 atom stereocenters. The first-order chi connectivity index (χ1) is 7.67. The van der Waals surface area contributed by atoms with E-state index in [0.29, 0.717) is 19.1 Å². The summed E-state index contributed by atoms with van der Waals surface area (Å²) in [6.07, 6.45) is -0.0183. The fourth-order valence-corrected chi connectivity index (χ4v) is 1.13. The van der Waals surface area contributed by atoms with E-state index in [1.54, 1.807) is 14.2 Å². The van der Waals surface area contributed by atoms with E-state index < -0.39 is 0 Å². The quantitative estimate of drug-likeness (QED) is 0.764. The molecular formula is C10H18N4O2. The van der Waals surface area contributed by atoms with Crippen molar-refractivity contribution in [1.29, 1.82) is 0 Å². The minimum atomic E-state index is -0.0183. The van der Waals surface area contributed by atoms with Crippen LogP contribution in [0.5, 0.6) is 0 Å². The third-order valence-electron chi connectivity index (χ3n) is 2.27. The first-order valence-corrected chi connectivity index (χ1v) is 5.11. The number of aromatic nitrogens is 3. The fourth-order valence-electron chi connectivity index (χ4n) is 1.13. The van der Waals surface area contributed by atoms with Crippen molar-refractivity contribution < 1.29 is 9.47 Å². The van der Waals surface area contributed by atoms with Gasteiger partial charge in [-0.1, -0.05) is 0 Å². The average molecular weight is 226 g/mol. The third kappa shape index (κ3) is 3.71. The van der Waals surface area contributed by atoms with Crippen LogP contribution in [0.3, 0.4) is 0 Å². The van der Waals surface area contributed by atoms with Crippen molar-refractivity contribution in [2.24, 2.45) is 0 Å². The van der Waals surface area contributed by atoms with Crippen LogP contribution in [0.4, 0.5) is 5.95 Å². The van der Waals surface area contributed by atoms with Crippen LogP contribution in [0.25, 0.3) is 0 Å². The molecule has 0 bridgehead atoms. The first kappa shape index (κ1) is 12.8. The summed E-state index contributed by atoms with van der Waals surface area (Å²) in [4.78, 5) is 4.26. The Kier molecular flexibility index (Phi) is 5.07. The fraction of sp³-hybridized carbons (Fsp3) is 0.700. The lowest BCUT2D eigenvalue weighted by atomic mass is 10.3. The molecule has 1 heterocycles. The standard InChI is InChI=1S/C10H18N4O2/c1-7-8(2)13-14-10(12-7)11-5-9(16-4)6-15-3/h9H,5-6H2,1-4H3,(H,11,12,14). The lowest BCUT2D eigenvalue weighted by Crippen LogP contribution is -2.27. The van der Waals surface area contributed by atoms with Gasteiger partial charge < -0.3 is 14.8 Å². The lowest BCUT2D eigenvalue weighted by Gasteiger charge is -2.14. The molecule has 0 aliphatic heterocycles. The predicted octanol–water partition coefficient (Wildman–Crippen LogP) is 0.562. The number of nitrogens with one attached hydrogen (secondary N) is 1. The normalized spacial score (nSPS) is 12.5. The van der Waals surface area contributed by atoms with Gasteiger partial charge in [-0.15, -0.1) is 5.10 Å². The van der Waals surface area contributed by atoms with Crippen LogP contribution in [-0.2, 0) is 9.47 Å². The summed E-state index contributed by atoms with van der Waals surface area (Å²) in [5, 5.41) is 11.0. The van der Waals surface area contributed by atoms with E-state index in [0.717, 1.165) is 11.4 Å². The maximum Gasteiger partial charge on any atom is 0.243 e. The Morgan fingerprint density at radius 2 is 1.94 bits per heavy atom. The summed E-state index contributed by atoms with van der Waals surface area (Å²) in [5.74, 6) is 0.515. The molecule has 16 heavy (non-hydrogen) atoms. The van der Waals surface area contributed by atoms with E-state index in [1.165, 1.54) is 0 Å². The third-order valence-corrected chi connectivity index (χ3v) is 2.27. The zero-order valence-corrected chi connectivity index (χ0v) is 10.1. The molecule has 1 rings (SSSR count). The van der Waals surface area contributed by atoms with Crippen molar-refractivity contribution >= 4 is 5.95 Å². The van der Waals surface area contributed by atoms with Gasteiger partial charge >= 0.3 is 0 Å². The SMILES string of the molecule is COCC(CNc1nnc(C)c(C)n1)OC. The Morgan fingerprint density at radius 1 is 1.19 bits per heavy atom. The minimum absolute atomic E-state index is 0.0183. The Bertz CT molecular complexity index is 333. The topological polar surface area (TPSA) is 69.2 Å². The average Bonchev–Trinajstić information content (AvgIpc) is 2.28. The number of nitrogens with zero attached hydrogens (tertiary/aromatic N) is 3. The van der Waals surface area contributed by atoms with Crippen molar-refractivity contribution in [3.8, 4) is 0 Å². The molecule has 0 saturated carbocycles. The molecular weight excluding hydrogens is 208 g/mol. The van der Waals surface area contributed by atoms with Gasteiger partial charge in [0.1, 0.15) is 0 Å². The van der Waals surface area contributed by atoms with E-state index in [9.17, 15) is 0 Å². The van der Waals surface area contributed by atoms with Crippen LogP contribution in [0.2, 0.25) is 0 Å². The summed E-state index contributed by atoms with van der Waals surface area (Å²) in [5.41, 5.74) is 1.71. The number of hydrogen-bond donors (Lipinski definition) is 1. The van der Waals surface area contributed by atoms with Gasteiger partial charge in [-0.2, -0.15) is 5.10 Å². The zero-order chi connectivity index (χ0) is 12.0. The first-order valence-electron chi connectivity index (χ1n) is 5.11. The molecule has 0 saturated heterocycles. The van der Waals surface area contributed by atoms with Crippen molar-refractivity contribution in [2.45, 2.75) is 20.0 Å². The number of aryl methyl sites for hydroxylation is 2. The molecule has 0 spiro atoms. The molecule has 1 N–H and O–H groups in total. The second-order valence-electron chi connectivity index (χ2n) is 3.50. The largest absolute Gasteiger partial charge is 0.382 e. The molecule has 90 valence electrons. The highest BCUT2D eigenvalue weighted by molar-refractivity contribution is 5.24. The van der Waals surface area contributed by atoms with Gasteiger partial charge in [-0.25, -0.2) is 4.98 Å². The van der Waals surface area contributed by atoms with Crippen molar-refractivity contribution in [3.05, 3.63) is 11.4 Å². The molecule has 6 nitrogen and oxygen atoms in total. The van der Waals surface area contributed by atoms with Crippen molar-refractivity contribution in [2.75, 3.05) is 32.7 Å². The van der Waals surface area contributed by atoms with E-state index in [1.807, 2.05) is 13.8 Å². The van der Waals surface area contributed by atoms with Crippen LogP contribution in [0.1, 0.15) is 11.4 Å². The van der Waals surface area contributed by atoms with Gasteiger partial charge in [-0.3, -0.25) is 0 Å². The number of ether oxygens (including phenoxy) is 2. The van der Waals surface area contributed by atoms with E-state index in [-0.39, 0.29) is 6.10 Å². The molecule has 0 aliphatic carbocycles. The molecule has 1 unspecified atom stereocenters. The maximum absolute atomic E-state index is 5.20. The molecule has 0 fully saturated rings. The van der Waals surface area contributed by atoms with Crippen LogP contribution < -0.4 is 5.32 Å². The highest BCUT2D eigenvalue weighted by Gasteiger charge is 2.08. The van der Waals surface area contributed by atoms with Gasteiger partial charge in [0.2, 0.25) is 5.95 Å². The summed E-state index contributed by atoms with van der Waals surface area (Å²) in [7, 11) is 3.28. The predicted molar refractivity (Wildman–Crippen MR) is 60.5 cm³/mol. The Hall–Kier alpha value is -1.27. The highest BCUT2D eigenvalue weighted by atomic mass is 16.5. The van der Waals surface area contributed by atoms with E-state index in [2.05, 4.69) is 20.5 Å². The summed E-state index contributed by atoms with van der Waals surface area (Å²) in [6, 6.07) is 0. The van der Waals surface area contributed by atoms with Gasteiger partial charge in [0.15, 0.2) is 0 Å². The van der Waals surface area contributed by atoms with Gasteiger partial charge in [0.05, 0.1) is 24.1 Å². The summed E-state index contributed by atoms with van der Waals surface area (Å²) < 4.78 is 10.2. The van der Waals surface area contributed by atoms with Crippen LogP contribution in [-0.4, -0.2) is 48.7 Å². The number of hydrogen-bond acceptors (Lipinski definition) is 6. The second kappa shape index (κ2) is 6.34. The summed E-state index contributed by atoms with van der Waals surface area (Å²) >= 11 is 0. The van der Waals surface area contributed by atoms with Crippen molar-refractivity contribution in [1.82, 2.24) is 15.2 Å². The molecule has 1 aromatic heterocycles. The Morgan fingerprint density at radius 3 is 2.50 bits per heavy atom. The maximum atomic E-state index is 5.20. The van der Waals surface area contributed by atoms with Crippen LogP contribution in [0, 0.1) is 13.8 Å². The molecule has 1 aromatic rings. The smallest absolute Gasteiger partial charge is 0.243 e. The van der Waals surface area contributed by atoms with Crippen LogP contribution >= 0.6 is 0 Å². The second-order valence-corrected chi connectivity index (χ2v) is 3.50. The molecule has 0 radical (unpaired) electrons. The number of methoxy groups -OCH3 is 2. The monoisotopic (exact) mass is 226 g/mol. The molecule has 0 aliphatic rings. The molecule has 0 aromatic carbocycles. The summed E-state index contributed by atoms with van der Waals surface area (Å²) in [6.45, 7) is 4.90.